The number of halogens is 1. The van der Waals surface area contributed by atoms with Crippen molar-refractivity contribution in [3.05, 3.63) is 29.3 Å². The molecule has 0 aromatic heterocycles. The molecule has 1 aliphatic heterocycles. The highest BCUT2D eigenvalue weighted by Crippen LogP contribution is 2.54. The van der Waals surface area contributed by atoms with Crippen molar-refractivity contribution in [1.82, 2.24) is 0 Å². The third-order valence-electron chi connectivity index (χ3n) is 5.41. The quantitative estimate of drug-likeness (QED) is 0.710. The van der Waals surface area contributed by atoms with Gasteiger partial charge < -0.3 is 4.74 Å². The van der Waals surface area contributed by atoms with Crippen LogP contribution in [0.4, 0.5) is 0 Å². The second-order valence-electron chi connectivity index (χ2n) is 6.74. The molecule has 1 aromatic rings. The molecule has 2 bridgehead atoms. The van der Waals surface area contributed by atoms with E-state index in [1.165, 1.54) is 36.8 Å². The third-order valence-corrected chi connectivity index (χ3v) is 5.98. The maximum Gasteiger partial charge on any atom is 0.123 e. The molecule has 0 N–H and O–H groups in total. The molecule has 3 aliphatic rings. The predicted molar refractivity (Wildman–Crippen MR) is 77.8 cm³/mol. The van der Waals surface area contributed by atoms with Crippen molar-refractivity contribution in [2.45, 2.75) is 50.5 Å². The molecule has 0 amide bonds. The fraction of sp³-hybridized carbons (Fsp3) is 0.647. The van der Waals surface area contributed by atoms with Crippen LogP contribution in [0.15, 0.2) is 18.2 Å². The van der Waals surface area contributed by atoms with Gasteiger partial charge in [-0.2, -0.15) is 0 Å². The molecule has 5 unspecified atom stereocenters. The minimum Gasteiger partial charge on any atom is -0.490 e. The Balaban J connectivity index is 1.58. The van der Waals surface area contributed by atoms with Crippen molar-refractivity contribution in [1.29, 1.82) is 0 Å². The molecule has 2 aliphatic carbocycles. The first-order valence-electron chi connectivity index (χ1n) is 7.64. The van der Waals surface area contributed by atoms with Crippen molar-refractivity contribution in [3.63, 3.8) is 0 Å². The topological polar surface area (TPSA) is 9.23 Å². The lowest BCUT2D eigenvalue weighted by Crippen LogP contribution is -2.15. The van der Waals surface area contributed by atoms with Gasteiger partial charge in [0.05, 0.1) is 5.38 Å². The molecule has 1 aromatic carbocycles. The average Bonchev–Trinajstić information content (AvgIpc) is 3.09. The van der Waals surface area contributed by atoms with Crippen molar-refractivity contribution in [3.8, 4) is 5.75 Å². The first-order valence-corrected chi connectivity index (χ1v) is 8.08. The van der Waals surface area contributed by atoms with Gasteiger partial charge in [0.25, 0.3) is 0 Å². The van der Waals surface area contributed by atoms with Crippen LogP contribution in [0.3, 0.4) is 0 Å². The molecule has 102 valence electrons. The van der Waals surface area contributed by atoms with Gasteiger partial charge in [0.2, 0.25) is 0 Å². The smallest absolute Gasteiger partial charge is 0.123 e. The molecule has 0 saturated heterocycles. The first-order chi connectivity index (χ1) is 9.20. The fourth-order valence-electron chi connectivity index (χ4n) is 4.51. The monoisotopic (exact) mass is 276 g/mol. The van der Waals surface area contributed by atoms with Crippen LogP contribution in [-0.4, -0.2) is 6.10 Å². The summed E-state index contributed by atoms with van der Waals surface area (Å²) in [7, 11) is 0. The van der Waals surface area contributed by atoms with E-state index in [4.69, 9.17) is 16.3 Å². The lowest BCUT2D eigenvalue weighted by molar-refractivity contribution is 0.254. The molecule has 0 spiro atoms. The van der Waals surface area contributed by atoms with Gasteiger partial charge in [0.15, 0.2) is 0 Å². The number of rotatable bonds is 2. The summed E-state index contributed by atoms with van der Waals surface area (Å²) >= 11 is 6.80. The van der Waals surface area contributed by atoms with Crippen LogP contribution < -0.4 is 4.74 Å². The van der Waals surface area contributed by atoms with Crippen LogP contribution in [0.25, 0.3) is 0 Å². The molecule has 2 fully saturated rings. The second-order valence-corrected chi connectivity index (χ2v) is 7.21. The number of hydrogen-bond donors (Lipinski definition) is 0. The third kappa shape index (κ3) is 1.98. The Hall–Kier alpha value is -0.690. The van der Waals surface area contributed by atoms with Crippen molar-refractivity contribution in [2.24, 2.45) is 17.8 Å². The highest BCUT2D eigenvalue weighted by atomic mass is 35.5. The molecule has 2 saturated carbocycles. The van der Waals surface area contributed by atoms with E-state index in [-0.39, 0.29) is 5.38 Å². The van der Waals surface area contributed by atoms with Crippen molar-refractivity contribution < 1.29 is 4.74 Å². The van der Waals surface area contributed by atoms with E-state index in [2.05, 4.69) is 25.1 Å². The summed E-state index contributed by atoms with van der Waals surface area (Å²) in [5, 5.41) is 0.205. The van der Waals surface area contributed by atoms with E-state index in [0.29, 0.717) is 12.0 Å². The Labute approximate surface area is 120 Å². The summed E-state index contributed by atoms with van der Waals surface area (Å²) in [6.45, 7) is 2.13. The van der Waals surface area contributed by atoms with E-state index in [1.54, 1.807) is 0 Å². The van der Waals surface area contributed by atoms with Crippen LogP contribution in [0.5, 0.6) is 5.75 Å². The summed E-state index contributed by atoms with van der Waals surface area (Å²) in [6, 6.07) is 6.60. The van der Waals surface area contributed by atoms with Gasteiger partial charge in [-0.1, -0.05) is 18.6 Å². The molecule has 4 rings (SSSR count). The summed E-state index contributed by atoms with van der Waals surface area (Å²) in [4.78, 5) is 0. The summed E-state index contributed by atoms with van der Waals surface area (Å²) in [6.07, 6.45) is 6.98. The van der Waals surface area contributed by atoms with E-state index < -0.39 is 0 Å². The van der Waals surface area contributed by atoms with E-state index in [1.807, 2.05) is 0 Å². The molecule has 2 heteroatoms. The normalized spacial score (nSPS) is 37.2. The number of benzene rings is 1. The van der Waals surface area contributed by atoms with Gasteiger partial charge in [0.1, 0.15) is 11.9 Å². The second kappa shape index (κ2) is 4.41. The van der Waals surface area contributed by atoms with Crippen LogP contribution >= 0.6 is 11.6 Å². The van der Waals surface area contributed by atoms with Crippen molar-refractivity contribution >= 4 is 11.6 Å². The largest absolute Gasteiger partial charge is 0.490 e. The summed E-state index contributed by atoms with van der Waals surface area (Å²) < 4.78 is 5.77. The van der Waals surface area contributed by atoms with Gasteiger partial charge in [-0.25, -0.2) is 0 Å². The van der Waals surface area contributed by atoms with Crippen molar-refractivity contribution in [2.75, 3.05) is 0 Å². The minimum atomic E-state index is 0.205. The number of hydrogen-bond acceptors (Lipinski definition) is 1. The lowest BCUT2D eigenvalue weighted by Gasteiger charge is -2.26. The number of ether oxygens (including phenoxy) is 1. The van der Waals surface area contributed by atoms with E-state index in [0.717, 1.165) is 24.0 Å². The lowest BCUT2D eigenvalue weighted by atomic mass is 9.83. The Morgan fingerprint density at radius 1 is 1.26 bits per heavy atom. The number of alkyl halides is 1. The molecule has 0 radical (unpaired) electrons. The van der Waals surface area contributed by atoms with E-state index in [9.17, 15) is 0 Å². The first kappa shape index (κ1) is 12.1. The zero-order valence-corrected chi connectivity index (χ0v) is 12.2. The maximum atomic E-state index is 6.80. The van der Waals surface area contributed by atoms with Gasteiger partial charge in [-0.3, -0.25) is 0 Å². The van der Waals surface area contributed by atoms with Gasteiger partial charge >= 0.3 is 0 Å². The highest BCUT2D eigenvalue weighted by Gasteiger charge is 2.43. The SMILES string of the molecule is CC1Cc2cc(C(Cl)C3CC4CCC3C4)ccc2O1. The summed E-state index contributed by atoms with van der Waals surface area (Å²) in [5.41, 5.74) is 2.66. The maximum absolute atomic E-state index is 6.80. The Morgan fingerprint density at radius 3 is 2.89 bits per heavy atom. The highest BCUT2D eigenvalue weighted by molar-refractivity contribution is 6.21. The molecule has 1 heterocycles. The molecule has 5 atom stereocenters. The fourth-order valence-corrected chi connectivity index (χ4v) is 4.96. The van der Waals surface area contributed by atoms with Gasteiger partial charge in [-0.05, 0) is 61.1 Å². The Kier molecular flexibility index (Phi) is 2.80. The van der Waals surface area contributed by atoms with Crippen LogP contribution in [0, 0.1) is 17.8 Å². The van der Waals surface area contributed by atoms with Gasteiger partial charge in [0, 0.05) is 6.42 Å². The van der Waals surface area contributed by atoms with Crippen LogP contribution in [0.1, 0.15) is 49.1 Å². The molecule has 1 nitrogen and oxygen atoms in total. The van der Waals surface area contributed by atoms with Crippen LogP contribution in [0.2, 0.25) is 0 Å². The average molecular weight is 277 g/mol. The number of fused-ring (bicyclic) bond motifs is 3. The Bertz CT molecular complexity index is 498. The molecule has 19 heavy (non-hydrogen) atoms. The van der Waals surface area contributed by atoms with Gasteiger partial charge in [-0.15, -0.1) is 11.6 Å². The minimum absolute atomic E-state index is 0.205. The predicted octanol–water partition coefficient (Wildman–Crippen LogP) is 4.73. The van der Waals surface area contributed by atoms with Crippen LogP contribution in [-0.2, 0) is 6.42 Å². The zero-order valence-electron chi connectivity index (χ0n) is 11.4. The molecular formula is C17H21ClO. The zero-order chi connectivity index (χ0) is 13.0. The standard InChI is InChI=1S/C17H21ClO/c1-10-6-14-9-13(4-5-16(14)19-10)17(18)15-8-11-2-3-12(15)7-11/h4-5,9-12,15,17H,2-3,6-8H2,1H3. The Morgan fingerprint density at radius 2 is 2.16 bits per heavy atom. The summed E-state index contributed by atoms with van der Waals surface area (Å²) in [5.74, 6) is 3.62. The van der Waals surface area contributed by atoms with E-state index >= 15 is 0 Å². The molecular weight excluding hydrogens is 256 g/mol.